The molecule has 0 aromatic heterocycles. The van der Waals surface area contributed by atoms with Gasteiger partial charge in [-0.1, -0.05) is 37.1 Å². The molecule has 116 valence electrons. The molecule has 1 aliphatic heterocycles. The van der Waals surface area contributed by atoms with Crippen molar-refractivity contribution in [3.8, 4) is 0 Å². The molecule has 0 unspecified atom stereocenters. The van der Waals surface area contributed by atoms with Gasteiger partial charge in [-0.25, -0.2) is 9.59 Å². The van der Waals surface area contributed by atoms with Crippen LogP contribution in [0.4, 0.5) is 4.79 Å². The second-order valence-electron chi connectivity index (χ2n) is 4.42. The Morgan fingerprint density at radius 3 is 2.43 bits per heavy atom. The van der Waals surface area contributed by atoms with E-state index >= 15 is 0 Å². The number of hydrogen-bond acceptors (Lipinski definition) is 6. The van der Waals surface area contributed by atoms with Gasteiger partial charge in [-0.3, -0.25) is 9.69 Å². The summed E-state index contributed by atoms with van der Waals surface area (Å²) in [6.07, 6.45) is 2.65. The molecule has 1 aliphatic rings. The van der Waals surface area contributed by atoms with Crippen LogP contribution in [0.1, 0.15) is 13.3 Å². The van der Waals surface area contributed by atoms with Gasteiger partial charge in [0.25, 0.3) is 0 Å². The first-order valence-corrected chi connectivity index (χ1v) is 7.36. The standard InChI is InChI=1S/C14H19NO5S/c1-4-6-19-13(17)12-8-11(21-10(3)16)9-15(12)14(18)20-7-5-2/h4-5,11-12H,1-2,6-9H2,3H3/t11-,12-/m0/s1. The molecule has 1 rings (SSSR count). The molecule has 0 saturated carbocycles. The van der Waals surface area contributed by atoms with Crippen LogP contribution in [0.15, 0.2) is 25.3 Å². The normalized spacial score (nSPS) is 20.7. The lowest BCUT2D eigenvalue weighted by molar-refractivity contribution is -0.147. The predicted molar refractivity (Wildman–Crippen MR) is 79.9 cm³/mol. The molecule has 0 spiro atoms. The first kappa shape index (κ1) is 17.3. The second-order valence-corrected chi connectivity index (χ2v) is 5.90. The molecule has 0 bridgehead atoms. The molecule has 1 amide bonds. The lowest BCUT2D eigenvalue weighted by Crippen LogP contribution is -2.41. The SMILES string of the molecule is C=CCOC(=O)[C@@H]1C[C@H](SC(C)=O)CN1C(=O)OCC=C. The van der Waals surface area contributed by atoms with Crippen LogP contribution in [0.5, 0.6) is 0 Å². The maximum Gasteiger partial charge on any atom is 0.410 e. The van der Waals surface area contributed by atoms with Crippen molar-refractivity contribution in [3.05, 3.63) is 25.3 Å². The zero-order valence-corrected chi connectivity index (χ0v) is 12.8. The number of carbonyl (C=O) groups is 3. The van der Waals surface area contributed by atoms with Crippen LogP contribution in [0, 0.1) is 0 Å². The lowest BCUT2D eigenvalue weighted by atomic mass is 10.2. The zero-order chi connectivity index (χ0) is 15.8. The van der Waals surface area contributed by atoms with E-state index in [1.54, 1.807) is 0 Å². The van der Waals surface area contributed by atoms with E-state index in [0.29, 0.717) is 6.42 Å². The molecule has 21 heavy (non-hydrogen) atoms. The van der Waals surface area contributed by atoms with Crippen molar-refractivity contribution >= 4 is 28.9 Å². The van der Waals surface area contributed by atoms with E-state index < -0.39 is 18.1 Å². The van der Waals surface area contributed by atoms with Gasteiger partial charge in [0.2, 0.25) is 0 Å². The first-order chi connectivity index (χ1) is 9.99. The molecule has 0 N–H and O–H groups in total. The molecule has 7 heteroatoms. The summed E-state index contributed by atoms with van der Waals surface area (Å²) < 4.78 is 9.95. The summed E-state index contributed by atoms with van der Waals surface area (Å²) in [4.78, 5) is 36.4. The minimum Gasteiger partial charge on any atom is -0.460 e. The fraction of sp³-hybridized carbons (Fsp3) is 0.500. The number of hydrogen-bond donors (Lipinski definition) is 0. The second kappa shape index (κ2) is 8.51. The Hall–Kier alpha value is -1.76. The van der Waals surface area contributed by atoms with Crippen molar-refractivity contribution < 1.29 is 23.9 Å². The number of thioether (sulfide) groups is 1. The first-order valence-electron chi connectivity index (χ1n) is 6.48. The highest BCUT2D eigenvalue weighted by atomic mass is 32.2. The van der Waals surface area contributed by atoms with Gasteiger partial charge in [-0.05, 0) is 6.42 Å². The third-order valence-electron chi connectivity index (χ3n) is 2.77. The Labute approximate surface area is 128 Å². The number of carbonyl (C=O) groups excluding carboxylic acids is 3. The zero-order valence-electron chi connectivity index (χ0n) is 11.9. The van der Waals surface area contributed by atoms with Gasteiger partial charge in [0.05, 0.1) is 0 Å². The largest absolute Gasteiger partial charge is 0.460 e. The summed E-state index contributed by atoms with van der Waals surface area (Å²) >= 11 is 1.12. The molecule has 0 aromatic carbocycles. The van der Waals surface area contributed by atoms with Gasteiger partial charge >= 0.3 is 12.1 Å². The van der Waals surface area contributed by atoms with Crippen LogP contribution in [-0.2, 0) is 19.1 Å². The van der Waals surface area contributed by atoms with Crippen molar-refractivity contribution in [2.75, 3.05) is 19.8 Å². The number of rotatable bonds is 6. The van der Waals surface area contributed by atoms with E-state index in [0.717, 1.165) is 11.8 Å². The van der Waals surface area contributed by atoms with Crippen molar-refractivity contribution in [1.82, 2.24) is 4.90 Å². The van der Waals surface area contributed by atoms with Crippen LogP contribution in [0.3, 0.4) is 0 Å². The van der Waals surface area contributed by atoms with E-state index in [2.05, 4.69) is 13.2 Å². The summed E-state index contributed by atoms with van der Waals surface area (Å²) in [6.45, 7) is 8.79. The van der Waals surface area contributed by atoms with Gasteiger partial charge < -0.3 is 9.47 Å². The molecular formula is C14H19NO5S. The van der Waals surface area contributed by atoms with Crippen molar-refractivity contribution in [1.29, 1.82) is 0 Å². The summed E-state index contributed by atoms with van der Waals surface area (Å²) in [5.41, 5.74) is 0. The van der Waals surface area contributed by atoms with Crippen LogP contribution in [-0.4, -0.2) is 53.1 Å². The Balaban J connectivity index is 2.75. The van der Waals surface area contributed by atoms with E-state index in [1.807, 2.05) is 0 Å². The molecule has 2 atom stereocenters. The number of nitrogens with zero attached hydrogens (tertiary/aromatic N) is 1. The smallest absolute Gasteiger partial charge is 0.410 e. The lowest BCUT2D eigenvalue weighted by Gasteiger charge is -2.21. The van der Waals surface area contributed by atoms with Crippen LogP contribution in [0.2, 0.25) is 0 Å². The van der Waals surface area contributed by atoms with Crippen molar-refractivity contribution in [3.63, 3.8) is 0 Å². The van der Waals surface area contributed by atoms with E-state index in [9.17, 15) is 14.4 Å². The molecular weight excluding hydrogens is 294 g/mol. The van der Waals surface area contributed by atoms with Gasteiger partial charge in [-0.15, -0.1) is 0 Å². The molecule has 6 nitrogen and oxygen atoms in total. The van der Waals surface area contributed by atoms with Gasteiger partial charge in [0, 0.05) is 18.7 Å². The fourth-order valence-corrected chi connectivity index (χ4v) is 2.98. The highest BCUT2D eigenvalue weighted by Crippen LogP contribution is 2.29. The summed E-state index contributed by atoms with van der Waals surface area (Å²) in [7, 11) is 0. The minimum atomic E-state index is -0.737. The molecule has 0 aliphatic carbocycles. The quantitative estimate of drug-likeness (QED) is 0.549. The number of ether oxygens (including phenoxy) is 2. The number of amides is 1. The van der Waals surface area contributed by atoms with E-state index in [1.165, 1.54) is 24.0 Å². The third-order valence-corrected chi connectivity index (χ3v) is 3.78. The summed E-state index contributed by atoms with van der Waals surface area (Å²) in [6, 6.07) is -0.737. The maximum atomic E-state index is 12.0. The van der Waals surface area contributed by atoms with Gasteiger partial charge in [-0.2, -0.15) is 0 Å². The van der Waals surface area contributed by atoms with Gasteiger partial charge in [0.15, 0.2) is 5.12 Å². The van der Waals surface area contributed by atoms with Crippen LogP contribution in [0.25, 0.3) is 0 Å². The van der Waals surface area contributed by atoms with Gasteiger partial charge in [0.1, 0.15) is 19.3 Å². The Bertz CT molecular complexity index is 405. The van der Waals surface area contributed by atoms with Crippen LogP contribution < -0.4 is 0 Å². The highest BCUT2D eigenvalue weighted by Gasteiger charge is 2.42. The monoisotopic (exact) mass is 313 g/mol. The van der Waals surface area contributed by atoms with Crippen molar-refractivity contribution in [2.24, 2.45) is 0 Å². The molecule has 1 fully saturated rings. The Morgan fingerprint density at radius 2 is 1.86 bits per heavy atom. The number of likely N-dealkylation sites (tertiary alicyclic amines) is 1. The average molecular weight is 313 g/mol. The highest BCUT2D eigenvalue weighted by molar-refractivity contribution is 8.14. The summed E-state index contributed by atoms with van der Waals surface area (Å²) in [5.74, 6) is -0.517. The Morgan fingerprint density at radius 1 is 1.24 bits per heavy atom. The Kier molecular flexibility index (Phi) is 7.01. The van der Waals surface area contributed by atoms with E-state index in [-0.39, 0.29) is 30.1 Å². The maximum absolute atomic E-state index is 12.0. The van der Waals surface area contributed by atoms with Crippen molar-refractivity contribution in [2.45, 2.75) is 24.6 Å². The summed E-state index contributed by atoms with van der Waals surface area (Å²) in [5, 5.41) is -0.195. The third kappa shape index (κ3) is 5.26. The minimum absolute atomic E-state index is 0.0560. The molecule has 1 heterocycles. The van der Waals surface area contributed by atoms with E-state index in [4.69, 9.17) is 9.47 Å². The molecule has 0 aromatic rings. The number of esters is 1. The molecule has 0 radical (unpaired) electrons. The predicted octanol–water partition coefficient (Wildman–Crippen LogP) is 1.76. The average Bonchev–Trinajstić information content (AvgIpc) is 2.85. The van der Waals surface area contributed by atoms with Crippen LogP contribution >= 0.6 is 11.8 Å². The molecule has 1 saturated heterocycles. The fourth-order valence-electron chi connectivity index (χ4n) is 1.99. The topological polar surface area (TPSA) is 72.9 Å².